The van der Waals surface area contributed by atoms with Crippen molar-refractivity contribution in [2.45, 2.75) is 118 Å². The molecule has 14 N–H and O–H groups in total. The number of carboxylic acid groups (broad SMARTS) is 1. The maximum Gasteiger partial charge on any atom is 0.472 e. The number of phosphoric ester groups is 1. The van der Waals surface area contributed by atoms with Gasteiger partial charge < -0.3 is 95.2 Å². The molecule has 0 saturated carbocycles. The highest BCUT2D eigenvalue weighted by Crippen LogP contribution is 2.41. The van der Waals surface area contributed by atoms with Gasteiger partial charge in [-0.05, 0) is 0 Å². The molecule has 3 aliphatic heterocycles. The predicted molar refractivity (Wildman–Crippen MR) is 153 cm³/mol. The summed E-state index contributed by atoms with van der Waals surface area (Å²) in [6, 6.07) is -3.29. The maximum absolute atomic E-state index is 12.5. The second-order valence-corrected chi connectivity index (χ2v) is 13.0. The van der Waals surface area contributed by atoms with E-state index in [9.17, 15) is 79.8 Å². The molecule has 3 saturated heterocycles. The number of hydrogen-bond donors (Lipinski definition) is 14. The van der Waals surface area contributed by atoms with Crippen LogP contribution in [0.1, 0.15) is 20.3 Å². The van der Waals surface area contributed by atoms with Gasteiger partial charge in [-0.15, -0.1) is 0 Å². The maximum atomic E-state index is 12.5. The lowest BCUT2D eigenvalue weighted by molar-refractivity contribution is -0.357. The SMILES string of the molecule is CC(=O)N[C@H]1[C@H](OP(=O)(O)O)O[C@H](CO)[C@@H](O[C@@H]2O[C@H](CO[C@]3(C(=O)O)C[C@H](O)[C@@H](NC(C)=O)[C@H]([C@H](O)[C@H](O)CO)O3)[C@H](O)[C@H](O)[C@H]2O)[C@@H]1O. The minimum Gasteiger partial charge on any atom is -0.477 e. The van der Waals surface area contributed by atoms with Gasteiger partial charge in [-0.3, -0.25) is 14.1 Å². The molecule has 0 radical (unpaired) electrons. The van der Waals surface area contributed by atoms with E-state index >= 15 is 0 Å². The molecule has 25 heteroatoms. The lowest BCUT2D eigenvalue weighted by Crippen LogP contribution is -2.69. The number of phosphoric acid groups is 1. The van der Waals surface area contributed by atoms with Crippen LogP contribution in [0.3, 0.4) is 0 Å². The largest absolute Gasteiger partial charge is 0.477 e. The van der Waals surface area contributed by atoms with Crippen molar-refractivity contribution in [2.24, 2.45) is 0 Å². The van der Waals surface area contributed by atoms with Gasteiger partial charge in [-0.1, -0.05) is 0 Å². The Morgan fingerprint density at radius 1 is 0.880 bits per heavy atom. The fourth-order valence-corrected chi connectivity index (χ4v) is 6.12. The lowest BCUT2D eigenvalue weighted by Gasteiger charge is -2.48. The van der Waals surface area contributed by atoms with Crippen LogP contribution in [0.4, 0.5) is 0 Å². The summed E-state index contributed by atoms with van der Waals surface area (Å²) in [6.07, 6.45) is -26.5. The third kappa shape index (κ3) is 9.88. The van der Waals surface area contributed by atoms with Crippen LogP contribution in [0.25, 0.3) is 0 Å². The quantitative estimate of drug-likeness (QED) is 0.0732. The normalized spacial score (nSPS) is 40.8. The van der Waals surface area contributed by atoms with Crippen molar-refractivity contribution in [1.29, 1.82) is 0 Å². The molecule has 16 atom stereocenters. The van der Waals surface area contributed by atoms with Gasteiger partial charge in [-0.2, -0.15) is 0 Å². The van der Waals surface area contributed by atoms with Crippen LogP contribution in [-0.4, -0.2) is 196 Å². The molecule has 2 amide bonds. The number of aliphatic hydroxyl groups is 9. The number of carbonyl (C=O) groups excluding carboxylic acids is 2. The fourth-order valence-electron chi connectivity index (χ4n) is 5.66. The lowest BCUT2D eigenvalue weighted by atomic mass is 9.88. The Balaban J connectivity index is 1.85. The van der Waals surface area contributed by atoms with Crippen molar-refractivity contribution >= 4 is 25.6 Å². The number of hydrogen-bond acceptors (Lipinski definition) is 19. The van der Waals surface area contributed by atoms with Crippen LogP contribution in [0.2, 0.25) is 0 Å². The summed E-state index contributed by atoms with van der Waals surface area (Å²) in [4.78, 5) is 54.5. The van der Waals surface area contributed by atoms with E-state index < -0.39 is 149 Å². The number of nitrogens with one attached hydrogen (secondary N) is 2. The predicted octanol–water partition coefficient (Wildman–Crippen LogP) is -7.96. The van der Waals surface area contributed by atoms with Crippen molar-refractivity contribution in [3.63, 3.8) is 0 Å². The van der Waals surface area contributed by atoms with E-state index in [1.54, 1.807) is 0 Å². The molecule has 3 heterocycles. The van der Waals surface area contributed by atoms with Gasteiger partial charge in [0.1, 0.15) is 67.1 Å². The Bertz CT molecular complexity index is 1230. The van der Waals surface area contributed by atoms with Gasteiger partial charge >= 0.3 is 13.8 Å². The number of ether oxygens (including phenoxy) is 5. The molecular formula is C25H43N2O22P. The van der Waals surface area contributed by atoms with Gasteiger partial charge in [0.2, 0.25) is 11.8 Å². The first kappa shape index (κ1) is 42.4. The average Bonchev–Trinajstić information content (AvgIpc) is 3.02. The van der Waals surface area contributed by atoms with E-state index in [2.05, 4.69) is 15.2 Å². The third-order valence-corrected chi connectivity index (χ3v) is 8.57. The summed E-state index contributed by atoms with van der Waals surface area (Å²) >= 11 is 0. The van der Waals surface area contributed by atoms with Crippen LogP contribution < -0.4 is 10.6 Å². The Labute approximate surface area is 282 Å². The molecular weight excluding hydrogens is 711 g/mol. The Morgan fingerprint density at radius 3 is 1.98 bits per heavy atom. The van der Waals surface area contributed by atoms with Crippen LogP contribution in [0, 0.1) is 0 Å². The summed E-state index contributed by atoms with van der Waals surface area (Å²) in [5, 5.41) is 108. The molecule has 3 aliphatic rings. The molecule has 50 heavy (non-hydrogen) atoms. The molecule has 3 fully saturated rings. The van der Waals surface area contributed by atoms with E-state index in [0.717, 1.165) is 13.8 Å². The molecule has 3 rings (SSSR count). The van der Waals surface area contributed by atoms with E-state index in [-0.39, 0.29) is 0 Å². The van der Waals surface area contributed by atoms with Gasteiger partial charge in [0.05, 0.1) is 32.0 Å². The zero-order valence-electron chi connectivity index (χ0n) is 26.4. The summed E-state index contributed by atoms with van der Waals surface area (Å²) < 4.78 is 43.2. The highest BCUT2D eigenvalue weighted by Gasteiger charge is 2.57. The number of rotatable bonds is 14. The monoisotopic (exact) mass is 754 g/mol. The van der Waals surface area contributed by atoms with Gasteiger partial charge in [0, 0.05) is 20.3 Å². The van der Waals surface area contributed by atoms with E-state index in [4.69, 9.17) is 23.7 Å². The summed E-state index contributed by atoms with van der Waals surface area (Å²) in [7, 11) is -5.30. The number of carbonyl (C=O) groups is 3. The molecule has 0 aromatic rings. The summed E-state index contributed by atoms with van der Waals surface area (Å²) in [5.74, 6) is -6.41. The second-order valence-electron chi connectivity index (χ2n) is 11.8. The van der Waals surface area contributed by atoms with E-state index in [1.165, 1.54) is 0 Å². The van der Waals surface area contributed by atoms with Crippen LogP contribution in [0.5, 0.6) is 0 Å². The second kappa shape index (κ2) is 17.2. The molecule has 0 aliphatic carbocycles. The molecule has 0 spiro atoms. The van der Waals surface area contributed by atoms with Gasteiger partial charge in [-0.25, -0.2) is 9.36 Å². The molecule has 0 unspecified atom stereocenters. The van der Waals surface area contributed by atoms with Crippen LogP contribution >= 0.6 is 7.82 Å². The van der Waals surface area contributed by atoms with Gasteiger partial charge in [0.25, 0.3) is 5.79 Å². The van der Waals surface area contributed by atoms with Crippen molar-refractivity contribution in [2.75, 3.05) is 19.8 Å². The highest BCUT2D eigenvalue weighted by atomic mass is 31.2. The number of aliphatic hydroxyl groups excluding tert-OH is 9. The van der Waals surface area contributed by atoms with Crippen LogP contribution in [0.15, 0.2) is 0 Å². The highest BCUT2D eigenvalue weighted by molar-refractivity contribution is 7.46. The van der Waals surface area contributed by atoms with Crippen molar-refractivity contribution in [3.05, 3.63) is 0 Å². The summed E-state index contributed by atoms with van der Waals surface area (Å²) in [6.45, 7) is -1.10. The van der Waals surface area contributed by atoms with Crippen LogP contribution in [-0.2, 0) is 47.2 Å². The smallest absolute Gasteiger partial charge is 0.472 e. The standard InChI is InChI=1S/C25H43N2O22P/c1-7(30)26-13-9(32)3-25(24(39)40,48-21(13)15(34)10(33)4-28)44-6-12-16(35)18(37)19(38)23(46-12)47-20-11(5-29)45-22(49-50(41,42)43)14(17(20)36)27-8(2)31/h9-23,28-29,32-38H,3-6H2,1-2H3,(H,26,30)(H,27,31)(H,39,40)(H2,41,42,43)/t9-,10+,11+,12+,13+,14+,15+,16-,17+,18-,19+,20+,21+,22-,23-,25+/m0/s1. The Morgan fingerprint density at radius 2 is 1.46 bits per heavy atom. The number of amides is 2. The van der Waals surface area contributed by atoms with Crippen molar-refractivity contribution in [3.8, 4) is 0 Å². The summed E-state index contributed by atoms with van der Waals surface area (Å²) in [5.41, 5.74) is 0. The number of aliphatic carboxylic acids is 1. The molecule has 0 aromatic carbocycles. The first-order chi connectivity index (χ1) is 23.2. The molecule has 290 valence electrons. The topological polar surface area (TPSA) is 390 Å². The molecule has 0 aromatic heterocycles. The minimum absolute atomic E-state index is 0.750. The van der Waals surface area contributed by atoms with E-state index in [0.29, 0.717) is 0 Å². The zero-order valence-corrected chi connectivity index (χ0v) is 27.3. The first-order valence-corrected chi connectivity index (χ1v) is 16.5. The third-order valence-electron chi connectivity index (χ3n) is 8.09. The Kier molecular flexibility index (Phi) is 14.6. The Hall–Kier alpha value is -2.04. The first-order valence-electron chi connectivity index (χ1n) is 14.9. The van der Waals surface area contributed by atoms with Gasteiger partial charge in [0.15, 0.2) is 12.6 Å². The molecule has 0 bridgehead atoms. The zero-order chi connectivity index (χ0) is 37.9. The molecule has 24 nitrogen and oxygen atoms in total. The van der Waals surface area contributed by atoms with E-state index in [1.807, 2.05) is 0 Å². The van der Waals surface area contributed by atoms with Crippen molar-refractivity contribution in [1.82, 2.24) is 10.6 Å². The number of carboxylic acids is 1. The fraction of sp³-hybridized carbons (Fsp3) is 0.880. The van der Waals surface area contributed by atoms with Crippen molar-refractivity contribution < 1.29 is 108 Å². The minimum atomic E-state index is -5.30. The average molecular weight is 755 g/mol.